The second-order valence-electron chi connectivity index (χ2n) is 7.18. The van der Waals surface area contributed by atoms with E-state index in [9.17, 15) is 22.8 Å². The molecule has 0 aliphatic carbocycles. The molecule has 162 valence electrons. The van der Waals surface area contributed by atoms with E-state index in [1.165, 1.54) is 31.5 Å². The van der Waals surface area contributed by atoms with E-state index in [0.29, 0.717) is 11.4 Å². The molecule has 3 amide bonds. The number of rotatable bonds is 6. The first-order chi connectivity index (χ1) is 14.5. The van der Waals surface area contributed by atoms with Gasteiger partial charge in [0.15, 0.2) is 15.9 Å². The van der Waals surface area contributed by atoms with Crippen LogP contribution in [0, 0.1) is 0 Å². The molecule has 10 nitrogen and oxygen atoms in total. The molecule has 0 saturated carbocycles. The Kier molecular flexibility index (Phi) is 5.80. The summed E-state index contributed by atoms with van der Waals surface area (Å²) in [5, 5.41) is 7.96. The quantitative estimate of drug-likeness (QED) is 0.509. The van der Waals surface area contributed by atoms with Crippen LogP contribution in [-0.4, -0.2) is 50.3 Å². The first kappa shape index (κ1) is 22.0. The summed E-state index contributed by atoms with van der Waals surface area (Å²) in [6.45, 7) is 1.49. The summed E-state index contributed by atoms with van der Waals surface area (Å²) in [6.07, 6.45) is 2.30. The monoisotopic (exact) mass is 443 g/mol. The Morgan fingerprint density at radius 3 is 2.19 bits per heavy atom. The SMILES string of the molecule is CC1(C(N)=O)NC=NC1C(=O)Nc1ccc(NC(=O)c2ccccc2S(C)(=O)=O)cc1. The van der Waals surface area contributed by atoms with Gasteiger partial charge in [0, 0.05) is 17.6 Å². The van der Waals surface area contributed by atoms with Gasteiger partial charge in [0.05, 0.1) is 16.8 Å². The van der Waals surface area contributed by atoms with E-state index in [2.05, 4.69) is 20.9 Å². The van der Waals surface area contributed by atoms with Crippen molar-refractivity contribution in [2.45, 2.75) is 23.4 Å². The zero-order valence-corrected chi connectivity index (χ0v) is 17.6. The molecule has 0 spiro atoms. The fourth-order valence-electron chi connectivity index (χ4n) is 3.03. The second kappa shape index (κ2) is 8.19. The minimum Gasteiger partial charge on any atom is -0.368 e. The molecule has 31 heavy (non-hydrogen) atoms. The Morgan fingerprint density at radius 2 is 1.61 bits per heavy atom. The lowest BCUT2D eigenvalue weighted by molar-refractivity contribution is -0.128. The predicted molar refractivity (Wildman–Crippen MR) is 116 cm³/mol. The molecule has 2 aromatic carbocycles. The van der Waals surface area contributed by atoms with Gasteiger partial charge in [0.1, 0.15) is 5.54 Å². The molecule has 0 bridgehead atoms. The van der Waals surface area contributed by atoms with E-state index in [1.807, 2.05) is 0 Å². The number of nitrogens with two attached hydrogens (primary N) is 1. The fourth-order valence-corrected chi connectivity index (χ4v) is 3.92. The number of hydrogen-bond acceptors (Lipinski definition) is 7. The lowest BCUT2D eigenvalue weighted by Crippen LogP contribution is -2.59. The van der Waals surface area contributed by atoms with E-state index in [1.54, 1.807) is 30.3 Å². The molecule has 2 atom stereocenters. The van der Waals surface area contributed by atoms with Crippen LogP contribution in [0.25, 0.3) is 0 Å². The summed E-state index contributed by atoms with van der Waals surface area (Å²) >= 11 is 0. The highest BCUT2D eigenvalue weighted by molar-refractivity contribution is 7.90. The topological polar surface area (TPSA) is 160 Å². The first-order valence-electron chi connectivity index (χ1n) is 9.13. The van der Waals surface area contributed by atoms with Crippen molar-refractivity contribution in [3.05, 3.63) is 54.1 Å². The third kappa shape index (κ3) is 4.56. The molecule has 0 fully saturated rings. The highest BCUT2D eigenvalue weighted by atomic mass is 32.2. The van der Waals surface area contributed by atoms with Crippen LogP contribution in [0.1, 0.15) is 17.3 Å². The molecule has 2 unspecified atom stereocenters. The summed E-state index contributed by atoms with van der Waals surface area (Å²) < 4.78 is 23.8. The maximum Gasteiger partial charge on any atom is 0.256 e. The van der Waals surface area contributed by atoms with E-state index < -0.39 is 39.1 Å². The molecular formula is C20H21N5O5S. The van der Waals surface area contributed by atoms with Crippen LogP contribution in [0.2, 0.25) is 0 Å². The van der Waals surface area contributed by atoms with Crippen molar-refractivity contribution in [1.29, 1.82) is 0 Å². The van der Waals surface area contributed by atoms with E-state index in [0.717, 1.165) is 6.26 Å². The van der Waals surface area contributed by atoms with Gasteiger partial charge >= 0.3 is 0 Å². The van der Waals surface area contributed by atoms with Gasteiger partial charge in [0.2, 0.25) is 5.91 Å². The van der Waals surface area contributed by atoms with Crippen molar-refractivity contribution >= 4 is 45.3 Å². The number of aliphatic imine (C=N–C) groups is 1. The van der Waals surface area contributed by atoms with Crippen molar-refractivity contribution in [3.63, 3.8) is 0 Å². The van der Waals surface area contributed by atoms with Crippen molar-refractivity contribution in [2.24, 2.45) is 10.7 Å². The molecule has 1 heterocycles. The standard InChI is InChI=1S/C20H21N5O5S/c1-20(19(21)28)16(22-11-23-20)18(27)25-13-9-7-12(8-10-13)24-17(26)14-5-3-4-6-15(14)31(2,29)30/h3-11,16H,1-2H3,(H2,21,28)(H,22,23)(H,24,26)(H,25,27). The zero-order valence-electron chi connectivity index (χ0n) is 16.7. The third-order valence-electron chi connectivity index (χ3n) is 4.84. The molecule has 11 heteroatoms. The van der Waals surface area contributed by atoms with Crippen LogP contribution < -0.4 is 21.7 Å². The van der Waals surface area contributed by atoms with Gasteiger partial charge in [-0.3, -0.25) is 19.4 Å². The van der Waals surface area contributed by atoms with Crippen molar-refractivity contribution in [1.82, 2.24) is 5.32 Å². The van der Waals surface area contributed by atoms with Crippen LogP contribution in [-0.2, 0) is 19.4 Å². The van der Waals surface area contributed by atoms with Crippen LogP contribution in [0.5, 0.6) is 0 Å². The third-order valence-corrected chi connectivity index (χ3v) is 5.99. The van der Waals surface area contributed by atoms with Crippen LogP contribution >= 0.6 is 0 Å². The predicted octanol–water partition coefficient (Wildman–Crippen LogP) is 0.525. The van der Waals surface area contributed by atoms with Crippen molar-refractivity contribution in [3.8, 4) is 0 Å². The Hall–Kier alpha value is -3.73. The van der Waals surface area contributed by atoms with E-state index >= 15 is 0 Å². The molecule has 0 aromatic heterocycles. The number of amides is 3. The maximum absolute atomic E-state index is 12.5. The number of carbonyl (C=O) groups is 3. The highest BCUT2D eigenvalue weighted by Crippen LogP contribution is 2.21. The average Bonchev–Trinajstić information content (AvgIpc) is 3.12. The minimum atomic E-state index is -3.57. The second-order valence-corrected chi connectivity index (χ2v) is 9.16. The minimum absolute atomic E-state index is 0.0275. The highest BCUT2D eigenvalue weighted by Gasteiger charge is 2.46. The summed E-state index contributed by atoms with van der Waals surface area (Å²) in [4.78, 5) is 40.6. The molecule has 3 rings (SSSR count). The van der Waals surface area contributed by atoms with Gasteiger partial charge in [0.25, 0.3) is 11.8 Å². The largest absolute Gasteiger partial charge is 0.368 e. The lowest BCUT2D eigenvalue weighted by atomic mass is 9.92. The Balaban J connectivity index is 1.70. The van der Waals surface area contributed by atoms with Gasteiger partial charge in [-0.1, -0.05) is 12.1 Å². The van der Waals surface area contributed by atoms with Gasteiger partial charge in [-0.15, -0.1) is 0 Å². The van der Waals surface area contributed by atoms with Crippen molar-refractivity contribution < 1.29 is 22.8 Å². The summed E-state index contributed by atoms with van der Waals surface area (Å²) in [5.41, 5.74) is 4.87. The fraction of sp³-hybridized carbons (Fsp3) is 0.200. The Morgan fingerprint density at radius 1 is 1.03 bits per heavy atom. The normalized spacial score (nSPS) is 20.0. The molecule has 5 N–H and O–H groups in total. The first-order valence-corrected chi connectivity index (χ1v) is 11.0. The van der Waals surface area contributed by atoms with E-state index in [-0.39, 0.29) is 10.5 Å². The molecule has 0 radical (unpaired) electrons. The number of hydrogen-bond donors (Lipinski definition) is 4. The summed E-state index contributed by atoms with van der Waals surface area (Å²) in [6, 6.07) is 11.0. The number of nitrogens with zero attached hydrogens (tertiary/aromatic N) is 1. The van der Waals surface area contributed by atoms with Gasteiger partial charge in [-0.25, -0.2) is 8.42 Å². The Labute approximate surface area is 178 Å². The summed E-state index contributed by atoms with van der Waals surface area (Å²) in [7, 11) is -3.57. The average molecular weight is 443 g/mol. The number of sulfone groups is 1. The molecule has 0 saturated heterocycles. The molecule has 1 aliphatic rings. The van der Waals surface area contributed by atoms with Gasteiger partial charge in [-0.05, 0) is 43.3 Å². The smallest absolute Gasteiger partial charge is 0.256 e. The lowest BCUT2D eigenvalue weighted by Gasteiger charge is -2.26. The van der Waals surface area contributed by atoms with Crippen LogP contribution in [0.15, 0.2) is 58.4 Å². The Bertz CT molecular complexity index is 1180. The number of carbonyl (C=O) groups excluding carboxylic acids is 3. The van der Waals surface area contributed by atoms with Crippen molar-refractivity contribution in [2.75, 3.05) is 16.9 Å². The molecule has 2 aromatic rings. The summed E-state index contributed by atoms with van der Waals surface area (Å²) in [5.74, 6) is -1.82. The van der Waals surface area contributed by atoms with Gasteiger partial charge in [-0.2, -0.15) is 0 Å². The van der Waals surface area contributed by atoms with Crippen LogP contribution in [0.3, 0.4) is 0 Å². The molecule has 1 aliphatic heterocycles. The number of anilines is 2. The number of nitrogens with one attached hydrogen (secondary N) is 3. The maximum atomic E-state index is 12.5. The number of primary amides is 1. The van der Waals surface area contributed by atoms with Crippen LogP contribution in [0.4, 0.5) is 11.4 Å². The molecular weight excluding hydrogens is 422 g/mol. The zero-order chi connectivity index (χ0) is 22.8. The van der Waals surface area contributed by atoms with Gasteiger partial charge < -0.3 is 21.7 Å². The van der Waals surface area contributed by atoms with E-state index in [4.69, 9.17) is 5.73 Å². The number of benzene rings is 2.